The molecule has 0 saturated carbocycles. The molecule has 0 bridgehead atoms. The molecule has 0 unspecified atom stereocenters. The van der Waals surface area contributed by atoms with Gasteiger partial charge in [-0.3, -0.25) is 4.79 Å². The van der Waals surface area contributed by atoms with Crippen LogP contribution in [0.4, 0.5) is 0 Å². The molecular formula is C14H12N3O+. The summed E-state index contributed by atoms with van der Waals surface area (Å²) in [6.45, 7) is 0.677. The van der Waals surface area contributed by atoms with Crippen molar-refractivity contribution in [2.45, 2.75) is 13.0 Å². The summed E-state index contributed by atoms with van der Waals surface area (Å²) in [6, 6.07) is 11.8. The van der Waals surface area contributed by atoms with E-state index in [4.69, 9.17) is 5.26 Å². The summed E-state index contributed by atoms with van der Waals surface area (Å²) < 4.78 is 1.88. The van der Waals surface area contributed by atoms with Crippen molar-refractivity contribution in [1.82, 2.24) is 4.98 Å². The number of ketones is 1. The highest BCUT2D eigenvalue weighted by Crippen LogP contribution is 1.99. The van der Waals surface area contributed by atoms with Gasteiger partial charge in [0.1, 0.15) is 6.42 Å². The average Bonchev–Trinajstić information content (AvgIpc) is 2.40. The Morgan fingerprint density at radius 1 is 1.33 bits per heavy atom. The maximum absolute atomic E-state index is 11.6. The number of rotatable bonds is 4. The first-order chi connectivity index (χ1) is 8.79. The highest BCUT2D eigenvalue weighted by Gasteiger charge is 2.12. The molecule has 0 spiro atoms. The first kappa shape index (κ1) is 11.9. The molecule has 4 nitrogen and oxygen atoms in total. The van der Waals surface area contributed by atoms with Gasteiger partial charge in [0.2, 0.25) is 5.78 Å². The quantitative estimate of drug-likeness (QED) is 0.599. The molecule has 1 heterocycles. The van der Waals surface area contributed by atoms with E-state index in [1.165, 1.54) is 0 Å². The molecule has 18 heavy (non-hydrogen) atoms. The van der Waals surface area contributed by atoms with E-state index >= 15 is 0 Å². The van der Waals surface area contributed by atoms with Crippen molar-refractivity contribution >= 4 is 5.78 Å². The van der Waals surface area contributed by atoms with Crippen molar-refractivity contribution in [2.24, 2.45) is 0 Å². The Labute approximate surface area is 105 Å². The average molecular weight is 238 g/mol. The van der Waals surface area contributed by atoms with E-state index < -0.39 is 0 Å². The Morgan fingerprint density at radius 2 is 2.11 bits per heavy atom. The molecule has 0 N–H and O–H groups in total. The molecule has 0 atom stereocenters. The van der Waals surface area contributed by atoms with Crippen LogP contribution in [0.2, 0.25) is 0 Å². The van der Waals surface area contributed by atoms with Gasteiger partial charge in [-0.2, -0.15) is 9.83 Å². The Bertz CT molecular complexity index is 587. The van der Waals surface area contributed by atoms with Gasteiger partial charge in [0.25, 0.3) is 0 Å². The van der Waals surface area contributed by atoms with E-state index in [-0.39, 0.29) is 12.2 Å². The number of benzene rings is 1. The van der Waals surface area contributed by atoms with E-state index in [2.05, 4.69) is 4.98 Å². The third-order valence-electron chi connectivity index (χ3n) is 2.49. The lowest BCUT2D eigenvalue weighted by atomic mass is 10.2. The fourth-order valence-electron chi connectivity index (χ4n) is 1.63. The summed E-state index contributed by atoms with van der Waals surface area (Å²) in [5.74, 6) is -0.250. The molecule has 4 heteroatoms. The van der Waals surface area contributed by atoms with Crippen LogP contribution in [0.1, 0.15) is 22.5 Å². The summed E-state index contributed by atoms with van der Waals surface area (Å²) in [5, 5.41) is 8.50. The second kappa shape index (κ2) is 5.69. The second-order valence-electron chi connectivity index (χ2n) is 3.86. The summed E-state index contributed by atoms with van der Waals surface area (Å²) in [7, 11) is 0. The fraction of sp³-hybridized carbons (Fsp3) is 0.143. The Hall–Kier alpha value is -2.54. The van der Waals surface area contributed by atoms with Gasteiger partial charge in [0.15, 0.2) is 24.6 Å². The van der Waals surface area contributed by atoms with E-state index in [1.54, 1.807) is 18.6 Å². The zero-order valence-corrected chi connectivity index (χ0v) is 9.78. The summed E-state index contributed by atoms with van der Waals surface area (Å²) in [5.41, 5.74) is 1.47. The first-order valence-corrected chi connectivity index (χ1v) is 5.59. The van der Waals surface area contributed by atoms with Gasteiger partial charge in [0.05, 0.1) is 12.3 Å². The van der Waals surface area contributed by atoms with Gasteiger partial charge >= 0.3 is 0 Å². The van der Waals surface area contributed by atoms with Crippen LogP contribution in [-0.2, 0) is 6.54 Å². The second-order valence-corrected chi connectivity index (χ2v) is 3.86. The zero-order valence-electron chi connectivity index (χ0n) is 9.78. The number of aromatic nitrogens is 2. The van der Waals surface area contributed by atoms with Crippen LogP contribution in [0.3, 0.4) is 0 Å². The van der Waals surface area contributed by atoms with Gasteiger partial charge in [-0.15, -0.1) is 0 Å². The number of Topliss-reactive ketones (excluding diaryl/α,β-unsaturated/α-hetero) is 1. The van der Waals surface area contributed by atoms with Crippen LogP contribution < -0.4 is 4.57 Å². The smallest absolute Gasteiger partial charge is 0.201 e. The van der Waals surface area contributed by atoms with Crippen molar-refractivity contribution in [3.05, 3.63) is 60.2 Å². The molecule has 0 aliphatic heterocycles. The standard InChI is InChI=1S/C14H12N3O/c15-7-6-14(18)13-11-17(9-8-16-13)10-12-4-2-1-3-5-12/h1-5,8-9,11H,6,10H2/q+1. The number of hydrogen-bond acceptors (Lipinski definition) is 3. The molecule has 88 valence electrons. The molecule has 0 fully saturated rings. The normalized spacial score (nSPS) is 9.72. The maximum Gasteiger partial charge on any atom is 0.201 e. The van der Waals surface area contributed by atoms with Crippen molar-refractivity contribution in [3.8, 4) is 6.07 Å². The minimum Gasteiger partial charge on any atom is -0.291 e. The van der Waals surface area contributed by atoms with E-state index in [9.17, 15) is 4.79 Å². The Kier molecular flexibility index (Phi) is 3.77. The number of hydrogen-bond donors (Lipinski definition) is 0. The van der Waals surface area contributed by atoms with Gasteiger partial charge < -0.3 is 0 Å². The minimum absolute atomic E-state index is 0.137. The van der Waals surface area contributed by atoms with Crippen LogP contribution >= 0.6 is 0 Å². The largest absolute Gasteiger partial charge is 0.291 e. The monoisotopic (exact) mass is 238 g/mol. The molecule has 2 aromatic rings. The minimum atomic E-state index is -0.250. The Morgan fingerprint density at radius 3 is 2.83 bits per heavy atom. The predicted molar refractivity (Wildman–Crippen MR) is 64.5 cm³/mol. The van der Waals surface area contributed by atoms with Crippen molar-refractivity contribution in [3.63, 3.8) is 0 Å². The topological polar surface area (TPSA) is 57.6 Å². The lowest BCUT2D eigenvalue weighted by Crippen LogP contribution is -2.34. The predicted octanol–water partition coefficient (Wildman–Crippen LogP) is 1.51. The highest BCUT2D eigenvalue weighted by atomic mass is 16.1. The molecule has 0 saturated heterocycles. The molecule has 1 aromatic heterocycles. The SMILES string of the molecule is N#CCC(=O)c1c[n+](Cc2ccccc2)ccn1. The van der Waals surface area contributed by atoms with E-state index in [0.29, 0.717) is 12.2 Å². The highest BCUT2D eigenvalue weighted by molar-refractivity contribution is 5.95. The van der Waals surface area contributed by atoms with Crippen LogP contribution in [0.5, 0.6) is 0 Å². The number of carbonyl (C=O) groups is 1. The van der Waals surface area contributed by atoms with Gasteiger partial charge in [-0.1, -0.05) is 30.3 Å². The first-order valence-electron chi connectivity index (χ1n) is 5.59. The summed E-state index contributed by atoms with van der Waals surface area (Å²) >= 11 is 0. The van der Waals surface area contributed by atoms with Crippen molar-refractivity contribution < 1.29 is 9.36 Å². The number of carbonyl (C=O) groups excluding carboxylic acids is 1. The molecule has 2 rings (SSSR count). The molecule has 0 aliphatic rings. The van der Waals surface area contributed by atoms with E-state index in [0.717, 1.165) is 5.56 Å². The Balaban J connectivity index is 2.18. The molecule has 1 aromatic carbocycles. The molecule has 0 radical (unpaired) electrons. The van der Waals surface area contributed by atoms with Crippen molar-refractivity contribution in [1.29, 1.82) is 5.26 Å². The van der Waals surface area contributed by atoms with Crippen LogP contribution in [0, 0.1) is 11.3 Å². The maximum atomic E-state index is 11.6. The van der Waals surface area contributed by atoms with Crippen molar-refractivity contribution in [2.75, 3.05) is 0 Å². The number of nitriles is 1. The van der Waals surface area contributed by atoms with Crippen LogP contribution in [0.15, 0.2) is 48.9 Å². The third-order valence-corrected chi connectivity index (χ3v) is 2.49. The third kappa shape index (κ3) is 2.98. The molecular weight excluding hydrogens is 226 g/mol. The van der Waals surface area contributed by atoms with Gasteiger partial charge in [-0.25, -0.2) is 4.98 Å². The van der Waals surface area contributed by atoms with Gasteiger partial charge in [-0.05, 0) is 0 Å². The summed E-state index contributed by atoms with van der Waals surface area (Å²) in [4.78, 5) is 15.5. The lowest BCUT2D eigenvalue weighted by molar-refractivity contribution is -0.689. The lowest BCUT2D eigenvalue weighted by Gasteiger charge is -1.98. The molecule has 0 aliphatic carbocycles. The van der Waals surface area contributed by atoms with Crippen LogP contribution in [-0.4, -0.2) is 10.8 Å². The fourth-order valence-corrected chi connectivity index (χ4v) is 1.63. The zero-order chi connectivity index (χ0) is 12.8. The molecule has 0 amide bonds. The van der Waals surface area contributed by atoms with Crippen LogP contribution in [0.25, 0.3) is 0 Å². The van der Waals surface area contributed by atoms with Gasteiger partial charge in [0, 0.05) is 5.56 Å². The summed E-state index contributed by atoms with van der Waals surface area (Å²) in [6.07, 6.45) is 4.92. The van der Waals surface area contributed by atoms with E-state index in [1.807, 2.05) is 41.0 Å². The number of nitrogens with zero attached hydrogens (tertiary/aromatic N) is 3.